The van der Waals surface area contributed by atoms with Crippen molar-refractivity contribution >= 4 is 12.3 Å². The van der Waals surface area contributed by atoms with Crippen molar-refractivity contribution in [3.8, 4) is 11.5 Å². The minimum atomic E-state index is -0.618. The highest BCUT2D eigenvalue weighted by atomic mass is 16.5. The number of amides is 1. The van der Waals surface area contributed by atoms with E-state index < -0.39 is 6.09 Å². The van der Waals surface area contributed by atoms with E-state index in [0.29, 0.717) is 24.9 Å². The summed E-state index contributed by atoms with van der Waals surface area (Å²) in [6.45, 7) is 7.22. The third kappa shape index (κ3) is 6.66. The largest absolute Gasteiger partial charge is 0.490 e. The second-order valence-corrected chi connectivity index (χ2v) is 6.33. The fourth-order valence-corrected chi connectivity index (χ4v) is 2.44. The molecular weight excluding hydrogens is 344 g/mol. The van der Waals surface area contributed by atoms with Gasteiger partial charge in [-0.1, -0.05) is 38.1 Å². The van der Waals surface area contributed by atoms with E-state index >= 15 is 0 Å². The highest BCUT2D eigenvalue weighted by Crippen LogP contribution is 2.27. The van der Waals surface area contributed by atoms with Crippen molar-refractivity contribution in [3.63, 3.8) is 0 Å². The van der Waals surface area contributed by atoms with Crippen LogP contribution in [0.2, 0.25) is 0 Å². The number of nitrogens with one attached hydrogen (secondary N) is 1. The minimum absolute atomic E-state index is 0.399. The van der Waals surface area contributed by atoms with Gasteiger partial charge in [-0.05, 0) is 47.7 Å². The van der Waals surface area contributed by atoms with Crippen molar-refractivity contribution in [1.82, 2.24) is 5.43 Å². The smallest absolute Gasteiger partial charge is 0.427 e. The normalized spacial score (nSPS) is 10.9. The van der Waals surface area contributed by atoms with Crippen LogP contribution in [0.3, 0.4) is 0 Å². The molecule has 6 heteroatoms. The zero-order valence-corrected chi connectivity index (χ0v) is 16.2. The van der Waals surface area contributed by atoms with Gasteiger partial charge in [0, 0.05) is 0 Å². The first kappa shape index (κ1) is 20.3. The van der Waals surface area contributed by atoms with E-state index in [9.17, 15) is 4.79 Å². The van der Waals surface area contributed by atoms with Crippen molar-refractivity contribution in [2.75, 3.05) is 20.3 Å². The van der Waals surface area contributed by atoms with Crippen molar-refractivity contribution in [3.05, 3.63) is 59.2 Å². The predicted molar refractivity (Wildman–Crippen MR) is 106 cm³/mol. The molecular formula is C21H26N2O4. The first-order chi connectivity index (χ1) is 13.0. The number of hydrogen-bond acceptors (Lipinski definition) is 5. The highest BCUT2D eigenvalue weighted by Gasteiger charge is 2.08. The van der Waals surface area contributed by atoms with Gasteiger partial charge in [-0.15, -0.1) is 0 Å². The molecule has 6 nitrogen and oxygen atoms in total. The summed E-state index contributed by atoms with van der Waals surface area (Å²) in [7, 11) is 1.28. The number of rotatable bonds is 8. The third-order valence-corrected chi connectivity index (χ3v) is 3.81. The second kappa shape index (κ2) is 10.2. The monoisotopic (exact) mass is 370 g/mol. The SMILES string of the molecule is COC(=O)N/N=C/c1cccc(OCCOc2cc(C)ccc2C(C)C)c1. The molecule has 0 heterocycles. The highest BCUT2D eigenvalue weighted by molar-refractivity contribution is 5.81. The zero-order valence-electron chi connectivity index (χ0n) is 16.2. The molecule has 1 amide bonds. The molecule has 0 aliphatic carbocycles. The molecule has 2 aromatic rings. The van der Waals surface area contributed by atoms with Crippen LogP contribution in [-0.4, -0.2) is 32.6 Å². The zero-order chi connectivity index (χ0) is 19.6. The summed E-state index contributed by atoms with van der Waals surface area (Å²) in [6, 6.07) is 13.7. The second-order valence-electron chi connectivity index (χ2n) is 6.33. The summed E-state index contributed by atoms with van der Waals surface area (Å²) in [6.07, 6.45) is 0.898. The van der Waals surface area contributed by atoms with Gasteiger partial charge >= 0.3 is 6.09 Å². The fraction of sp³-hybridized carbons (Fsp3) is 0.333. The molecule has 0 spiro atoms. The quantitative estimate of drug-likeness (QED) is 0.428. The van der Waals surface area contributed by atoms with Crippen LogP contribution < -0.4 is 14.9 Å². The van der Waals surface area contributed by atoms with E-state index in [4.69, 9.17) is 9.47 Å². The Kier molecular flexibility index (Phi) is 7.67. The summed E-state index contributed by atoms with van der Waals surface area (Å²) in [4.78, 5) is 11.0. The Bertz CT molecular complexity index is 788. The molecule has 27 heavy (non-hydrogen) atoms. The number of benzene rings is 2. The number of carbonyl (C=O) groups excluding carboxylic acids is 1. The van der Waals surface area contributed by atoms with Crippen LogP contribution in [0.25, 0.3) is 0 Å². The molecule has 0 radical (unpaired) electrons. The molecule has 0 aromatic heterocycles. The van der Waals surface area contributed by atoms with Gasteiger partial charge in [-0.2, -0.15) is 5.10 Å². The number of nitrogens with zero attached hydrogens (tertiary/aromatic N) is 1. The topological polar surface area (TPSA) is 69.2 Å². The number of methoxy groups -OCH3 is 1. The van der Waals surface area contributed by atoms with E-state index in [1.54, 1.807) is 0 Å². The Balaban J connectivity index is 1.86. The first-order valence-corrected chi connectivity index (χ1v) is 8.83. The Morgan fingerprint density at radius 1 is 1.15 bits per heavy atom. The number of hydrazone groups is 1. The van der Waals surface area contributed by atoms with Gasteiger partial charge in [0.2, 0.25) is 0 Å². The number of aryl methyl sites for hydroxylation is 1. The lowest BCUT2D eigenvalue weighted by Crippen LogP contribution is -2.16. The van der Waals surface area contributed by atoms with Gasteiger partial charge in [0.25, 0.3) is 0 Å². The van der Waals surface area contributed by atoms with Gasteiger partial charge in [0.1, 0.15) is 24.7 Å². The molecule has 0 aliphatic heterocycles. The van der Waals surface area contributed by atoms with Gasteiger partial charge < -0.3 is 14.2 Å². The van der Waals surface area contributed by atoms with Crippen molar-refractivity contribution in [1.29, 1.82) is 0 Å². The predicted octanol–water partition coefficient (Wildman–Crippen LogP) is 4.27. The summed E-state index contributed by atoms with van der Waals surface area (Å²) in [5.74, 6) is 2.01. The van der Waals surface area contributed by atoms with Gasteiger partial charge in [-0.25, -0.2) is 10.2 Å². The van der Waals surface area contributed by atoms with Gasteiger partial charge in [0.05, 0.1) is 13.3 Å². The molecule has 0 saturated carbocycles. The minimum Gasteiger partial charge on any atom is -0.490 e. The molecule has 2 aromatic carbocycles. The van der Waals surface area contributed by atoms with Gasteiger partial charge in [-0.3, -0.25) is 0 Å². The van der Waals surface area contributed by atoms with Crippen LogP contribution >= 0.6 is 0 Å². The molecule has 0 saturated heterocycles. The summed E-state index contributed by atoms with van der Waals surface area (Å²) < 4.78 is 16.1. The Morgan fingerprint density at radius 3 is 2.67 bits per heavy atom. The van der Waals surface area contributed by atoms with Crippen LogP contribution in [0.4, 0.5) is 4.79 Å². The first-order valence-electron chi connectivity index (χ1n) is 8.83. The fourth-order valence-electron chi connectivity index (χ4n) is 2.44. The lowest BCUT2D eigenvalue weighted by Gasteiger charge is -2.15. The van der Waals surface area contributed by atoms with Crippen molar-refractivity contribution in [2.24, 2.45) is 5.10 Å². The van der Waals surface area contributed by atoms with E-state index in [1.807, 2.05) is 24.3 Å². The molecule has 144 valence electrons. The molecule has 0 bridgehead atoms. The summed E-state index contributed by atoms with van der Waals surface area (Å²) in [5.41, 5.74) is 5.39. The summed E-state index contributed by atoms with van der Waals surface area (Å²) >= 11 is 0. The maximum atomic E-state index is 11.0. The Morgan fingerprint density at radius 2 is 1.93 bits per heavy atom. The Hall–Kier alpha value is -3.02. The van der Waals surface area contributed by atoms with Crippen molar-refractivity contribution in [2.45, 2.75) is 26.7 Å². The standard InChI is InChI=1S/C21H26N2O4/c1-15(2)19-9-8-16(3)12-20(19)27-11-10-26-18-7-5-6-17(13-18)14-22-23-21(24)25-4/h5-9,12-15H,10-11H2,1-4H3,(H,23,24)/b22-14+. The lowest BCUT2D eigenvalue weighted by molar-refractivity contribution is 0.171. The molecule has 1 N–H and O–H groups in total. The van der Waals surface area contributed by atoms with Crippen LogP contribution in [0.1, 0.15) is 36.5 Å². The van der Waals surface area contributed by atoms with E-state index in [2.05, 4.69) is 54.2 Å². The molecule has 0 unspecified atom stereocenters. The lowest BCUT2D eigenvalue weighted by atomic mass is 10.0. The molecule has 0 aliphatic rings. The van der Waals surface area contributed by atoms with E-state index in [-0.39, 0.29) is 0 Å². The number of carbonyl (C=O) groups is 1. The van der Waals surface area contributed by atoms with Gasteiger partial charge in [0.15, 0.2) is 0 Å². The maximum absolute atomic E-state index is 11.0. The maximum Gasteiger partial charge on any atom is 0.427 e. The van der Waals surface area contributed by atoms with Crippen LogP contribution in [0.5, 0.6) is 11.5 Å². The Labute approximate surface area is 160 Å². The molecule has 2 rings (SSSR count). The van der Waals surface area contributed by atoms with E-state index in [1.165, 1.54) is 24.5 Å². The molecule has 0 fully saturated rings. The van der Waals surface area contributed by atoms with E-state index in [0.717, 1.165) is 11.3 Å². The number of hydrogen-bond donors (Lipinski definition) is 1. The van der Waals surface area contributed by atoms with Crippen molar-refractivity contribution < 1.29 is 19.0 Å². The average Bonchev–Trinajstić information content (AvgIpc) is 2.65. The van der Waals surface area contributed by atoms with Crippen LogP contribution in [-0.2, 0) is 4.74 Å². The molecule has 0 atom stereocenters. The number of ether oxygens (including phenoxy) is 3. The average molecular weight is 370 g/mol. The third-order valence-electron chi connectivity index (χ3n) is 3.81. The summed E-state index contributed by atoms with van der Waals surface area (Å²) in [5, 5.41) is 3.79. The van der Waals surface area contributed by atoms with Crippen LogP contribution in [0.15, 0.2) is 47.6 Å². The van der Waals surface area contributed by atoms with Crippen LogP contribution in [0, 0.1) is 6.92 Å².